The monoisotopic (exact) mass is 204 g/mol. The van der Waals surface area contributed by atoms with Crippen molar-refractivity contribution >= 4 is 0 Å². The summed E-state index contributed by atoms with van der Waals surface area (Å²) in [6, 6.07) is 0. The number of aliphatic hydroxyl groups is 2. The Hall–Kier alpha value is -0.0800. The summed E-state index contributed by atoms with van der Waals surface area (Å²) in [5.74, 6) is 0. The molecule has 0 aliphatic heterocycles. The first-order valence-corrected chi connectivity index (χ1v) is 6.05. The van der Waals surface area contributed by atoms with E-state index in [4.69, 9.17) is 10.2 Å². The lowest BCUT2D eigenvalue weighted by Gasteiger charge is -1.90. The van der Waals surface area contributed by atoms with E-state index in [1.165, 1.54) is 38.5 Å². The van der Waals surface area contributed by atoms with Crippen LogP contribution in [0, 0.1) is 0 Å². The van der Waals surface area contributed by atoms with Gasteiger partial charge >= 0.3 is 0 Å². The van der Waals surface area contributed by atoms with Gasteiger partial charge in [0.05, 0.1) is 0 Å². The number of aliphatic hydroxyl groups excluding tert-OH is 2. The lowest BCUT2D eigenvalue weighted by molar-refractivity contribution is 0.282. The minimum atomic E-state index is 0.361. The number of hydrogen-bond acceptors (Lipinski definition) is 2. The molecule has 0 aromatic rings. The summed E-state index contributed by atoms with van der Waals surface area (Å²) in [4.78, 5) is 0. The normalized spacial score (nSPS) is 9.43. The van der Waals surface area contributed by atoms with Gasteiger partial charge in [-0.1, -0.05) is 52.4 Å². The van der Waals surface area contributed by atoms with Gasteiger partial charge in [-0.25, -0.2) is 0 Å². The Morgan fingerprint density at radius 1 is 0.571 bits per heavy atom. The number of hydrogen-bond donors (Lipinski definition) is 2. The van der Waals surface area contributed by atoms with Gasteiger partial charge in [-0.3, -0.25) is 0 Å². The first-order valence-electron chi connectivity index (χ1n) is 6.05. The van der Waals surface area contributed by atoms with Gasteiger partial charge in [-0.05, 0) is 12.8 Å². The zero-order valence-corrected chi connectivity index (χ0v) is 9.97. The molecule has 0 bridgehead atoms. The van der Waals surface area contributed by atoms with Gasteiger partial charge < -0.3 is 10.2 Å². The van der Waals surface area contributed by atoms with E-state index in [9.17, 15) is 0 Å². The van der Waals surface area contributed by atoms with Crippen molar-refractivity contribution in [3.05, 3.63) is 0 Å². The van der Waals surface area contributed by atoms with Gasteiger partial charge in [-0.15, -0.1) is 0 Å². The molecule has 0 rings (SSSR count). The molecular weight excluding hydrogens is 176 g/mol. The predicted molar refractivity (Wildman–Crippen MR) is 62.5 cm³/mol. The van der Waals surface area contributed by atoms with Crippen LogP contribution in [0.2, 0.25) is 0 Å². The maximum Gasteiger partial charge on any atom is 0.0431 e. The summed E-state index contributed by atoms with van der Waals surface area (Å²) in [6.07, 6.45) is 9.36. The van der Waals surface area contributed by atoms with E-state index in [1.807, 2.05) is 0 Å². The van der Waals surface area contributed by atoms with E-state index < -0.39 is 0 Å². The lowest BCUT2D eigenvalue weighted by atomic mass is 10.2. The van der Waals surface area contributed by atoms with Crippen LogP contribution in [0.4, 0.5) is 0 Å². The topological polar surface area (TPSA) is 40.5 Å². The molecular formula is C12H28O2. The van der Waals surface area contributed by atoms with E-state index in [-0.39, 0.29) is 0 Å². The fourth-order valence-corrected chi connectivity index (χ4v) is 1.08. The molecule has 14 heavy (non-hydrogen) atoms. The third-order valence-electron chi connectivity index (χ3n) is 2.02. The summed E-state index contributed by atoms with van der Waals surface area (Å²) < 4.78 is 0. The SMILES string of the molecule is CCCCCCO.CCCCCCO. The third-order valence-corrected chi connectivity index (χ3v) is 2.02. The minimum absolute atomic E-state index is 0.361. The quantitative estimate of drug-likeness (QED) is 0.596. The van der Waals surface area contributed by atoms with Gasteiger partial charge in [0.15, 0.2) is 0 Å². The molecule has 0 aliphatic rings. The number of unbranched alkanes of at least 4 members (excludes halogenated alkanes) is 6. The summed E-state index contributed by atoms with van der Waals surface area (Å²) in [5, 5.41) is 16.6. The summed E-state index contributed by atoms with van der Waals surface area (Å²) >= 11 is 0. The van der Waals surface area contributed by atoms with Crippen LogP contribution in [0.3, 0.4) is 0 Å². The molecule has 0 aliphatic carbocycles. The van der Waals surface area contributed by atoms with Crippen LogP contribution < -0.4 is 0 Å². The Morgan fingerprint density at radius 3 is 1.14 bits per heavy atom. The molecule has 0 spiro atoms. The van der Waals surface area contributed by atoms with Crippen LogP contribution in [-0.4, -0.2) is 23.4 Å². The van der Waals surface area contributed by atoms with Crippen LogP contribution in [0.1, 0.15) is 65.2 Å². The average molecular weight is 204 g/mol. The van der Waals surface area contributed by atoms with E-state index in [0.29, 0.717) is 13.2 Å². The highest BCUT2D eigenvalue weighted by Gasteiger charge is 1.81. The third kappa shape index (κ3) is 22.7. The Labute approximate surface area is 89.3 Å². The first kappa shape index (κ1) is 16.4. The minimum Gasteiger partial charge on any atom is -0.396 e. The summed E-state index contributed by atoms with van der Waals surface area (Å²) in [5.41, 5.74) is 0. The van der Waals surface area contributed by atoms with E-state index in [1.54, 1.807) is 0 Å². The zero-order valence-electron chi connectivity index (χ0n) is 9.97. The van der Waals surface area contributed by atoms with Crippen LogP contribution in [0.25, 0.3) is 0 Å². The lowest BCUT2D eigenvalue weighted by Crippen LogP contribution is -1.80. The van der Waals surface area contributed by atoms with Crippen molar-refractivity contribution < 1.29 is 10.2 Å². The molecule has 2 nitrogen and oxygen atoms in total. The van der Waals surface area contributed by atoms with Gasteiger partial charge in [0.2, 0.25) is 0 Å². The van der Waals surface area contributed by atoms with Gasteiger partial charge in [0.1, 0.15) is 0 Å². The molecule has 0 atom stereocenters. The van der Waals surface area contributed by atoms with Gasteiger partial charge in [-0.2, -0.15) is 0 Å². The van der Waals surface area contributed by atoms with Crippen LogP contribution >= 0.6 is 0 Å². The molecule has 0 heterocycles. The molecule has 0 unspecified atom stereocenters. The van der Waals surface area contributed by atoms with Crippen molar-refractivity contribution in [3.8, 4) is 0 Å². The second kappa shape index (κ2) is 18.7. The Kier molecular flexibility index (Phi) is 21.8. The second-order valence-corrected chi connectivity index (χ2v) is 3.57. The molecule has 2 N–H and O–H groups in total. The molecule has 0 amide bonds. The van der Waals surface area contributed by atoms with Crippen molar-refractivity contribution in [1.82, 2.24) is 0 Å². The van der Waals surface area contributed by atoms with Crippen molar-refractivity contribution in [1.29, 1.82) is 0 Å². The van der Waals surface area contributed by atoms with Gasteiger partial charge in [0.25, 0.3) is 0 Å². The maximum absolute atomic E-state index is 8.29. The largest absolute Gasteiger partial charge is 0.396 e. The predicted octanol–water partition coefficient (Wildman–Crippen LogP) is 3.12. The summed E-state index contributed by atoms with van der Waals surface area (Å²) in [7, 11) is 0. The molecule has 0 saturated heterocycles. The molecule has 2 heteroatoms. The highest BCUT2D eigenvalue weighted by molar-refractivity contribution is 4.36. The van der Waals surface area contributed by atoms with Crippen LogP contribution in [-0.2, 0) is 0 Å². The smallest absolute Gasteiger partial charge is 0.0431 e. The highest BCUT2D eigenvalue weighted by atomic mass is 16.3. The standard InChI is InChI=1S/2C6H14O/c2*1-2-3-4-5-6-7/h2*7H,2-6H2,1H3. The number of rotatable bonds is 8. The van der Waals surface area contributed by atoms with Crippen LogP contribution in [0.5, 0.6) is 0 Å². The second-order valence-electron chi connectivity index (χ2n) is 3.57. The molecule has 0 aromatic heterocycles. The fraction of sp³-hybridized carbons (Fsp3) is 1.00. The van der Waals surface area contributed by atoms with Crippen molar-refractivity contribution in [2.45, 2.75) is 65.2 Å². The Bertz CT molecular complexity index is 56.7. The molecule has 0 radical (unpaired) electrons. The molecule has 0 fully saturated rings. The maximum atomic E-state index is 8.29. The zero-order chi connectivity index (χ0) is 11.1. The highest BCUT2D eigenvalue weighted by Crippen LogP contribution is 1.96. The van der Waals surface area contributed by atoms with E-state index >= 15 is 0 Å². The first-order chi connectivity index (χ1) is 6.83. The van der Waals surface area contributed by atoms with Crippen molar-refractivity contribution in [3.63, 3.8) is 0 Å². The fourth-order valence-electron chi connectivity index (χ4n) is 1.08. The molecule has 0 aromatic carbocycles. The van der Waals surface area contributed by atoms with Crippen molar-refractivity contribution in [2.24, 2.45) is 0 Å². The van der Waals surface area contributed by atoms with E-state index in [2.05, 4.69) is 13.8 Å². The summed E-state index contributed by atoms with van der Waals surface area (Å²) in [6.45, 7) is 5.05. The Balaban J connectivity index is 0. The molecule has 0 saturated carbocycles. The average Bonchev–Trinajstić information content (AvgIpc) is 2.21. The van der Waals surface area contributed by atoms with Crippen LogP contribution in [0.15, 0.2) is 0 Å². The van der Waals surface area contributed by atoms with Gasteiger partial charge in [0, 0.05) is 13.2 Å². The van der Waals surface area contributed by atoms with E-state index in [0.717, 1.165) is 12.8 Å². The molecule has 88 valence electrons. The Morgan fingerprint density at radius 2 is 0.929 bits per heavy atom. The van der Waals surface area contributed by atoms with Crippen molar-refractivity contribution in [2.75, 3.05) is 13.2 Å².